The van der Waals surface area contributed by atoms with Crippen LogP contribution in [-0.2, 0) is 6.54 Å². The number of halogens is 1. The first-order valence-electron chi connectivity index (χ1n) is 5.68. The van der Waals surface area contributed by atoms with Gasteiger partial charge in [-0.1, -0.05) is 17.7 Å². The van der Waals surface area contributed by atoms with E-state index in [1.165, 1.54) is 12.3 Å². The van der Waals surface area contributed by atoms with Crippen molar-refractivity contribution >= 4 is 23.3 Å². The zero-order valence-electron chi connectivity index (χ0n) is 10.4. The molecule has 0 aliphatic heterocycles. The third-order valence-electron chi connectivity index (χ3n) is 2.51. The van der Waals surface area contributed by atoms with Gasteiger partial charge in [0.25, 0.3) is 5.91 Å². The highest BCUT2D eigenvalue weighted by Crippen LogP contribution is 2.16. The predicted octanol–water partition coefficient (Wildman–Crippen LogP) is 1.95. The topological polar surface area (TPSA) is 80.9 Å². The maximum Gasteiger partial charge on any atom is 0.253 e. The van der Waals surface area contributed by atoms with Gasteiger partial charge in [0.15, 0.2) is 0 Å². The maximum atomic E-state index is 11.9. The summed E-state index contributed by atoms with van der Waals surface area (Å²) in [5.41, 5.74) is 7.55. The van der Waals surface area contributed by atoms with Crippen molar-refractivity contribution in [3.8, 4) is 0 Å². The van der Waals surface area contributed by atoms with Crippen LogP contribution >= 0.6 is 11.6 Å². The van der Waals surface area contributed by atoms with Crippen LogP contribution in [0.3, 0.4) is 0 Å². The highest BCUT2D eigenvalue weighted by Gasteiger charge is 2.08. The van der Waals surface area contributed by atoms with Crippen LogP contribution < -0.4 is 11.1 Å². The smallest absolute Gasteiger partial charge is 0.253 e. The summed E-state index contributed by atoms with van der Waals surface area (Å²) in [4.78, 5) is 20.0. The van der Waals surface area contributed by atoms with Crippen molar-refractivity contribution in [2.24, 2.45) is 0 Å². The van der Waals surface area contributed by atoms with Crippen LogP contribution in [0.5, 0.6) is 0 Å². The molecule has 0 radical (unpaired) electrons. The third kappa shape index (κ3) is 3.42. The Morgan fingerprint density at radius 3 is 2.95 bits per heavy atom. The average molecular weight is 277 g/mol. The lowest BCUT2D eigenvalue weighted by molar-refractivity contribution is 0.0950. The Labute approximate surface area is 115 Å². The molecular weight excluding hydrogens is 264 g/mol. The second-order valence-electron chi connectivity index (χ2n) is 4.04. The van der Waals surface area contributed by atoms with Gasteiger partial charge in [-0.05, 0) is 25.1 Å². The van der Waals surface area contributed by atoms with E-state index in [9.17, 15) is 4.79 Å². The Hall–Kier alpha value is -2.14. The number of nitrogen functional groups attached to an aromatic ring is 1. The lowest BCUT2D eigenvalue weighted by Crippen LogP contribution is -2.23. The Balaban J connectivity index is 2.03. The van der Waals surface area contributed by atoms with Gasteiger partial charge >= 0.3 is 0 Å². The molecule has 2 heterocycles. The second-order valence-corrected chi connectivity index (χ2v) is 4.45. The van der Waals surface area contributed by atoms with E-state index >= 15 is 0 Å². The summed E-state index contributed by atoms with van der Waals surface area (Å²) >= 11 is 5.82. The van der Waals surface area contributed by atoms with Gasteiger partial charge < -0.3 is 11.1 Å². The van der Waals surface area contributed by atoms with Gasteiger partial charge in [-0.15, -0.1) is 0 Å². The summed E-state index contributed by atoms with van der Waals surface area (Å²) in [7, 11) is 0. The number of carbonyl (C=O) groups is 1. The molecule has 0 atom stereocenters. The number of carbonyl (C=O) groups excluding carboxylic acids is 1. The summed E-state index contributed by atoms with van der Waals surface area (Å²) in [5.74, 6) is -0.0590. The fourth-order valence-electron chi connectivity index (χ4n) is 1.54. The van der Waals surface area contributed by atoms with Gasteiger partial charge in [-0.2, -0.15) is 0 Å². The van der Waals surface area contributed by atoms with Crippen LogP contribution in [0.2, 0.25) is 5.02 Å². The molecule has 5 nitrogen and oxygen atoms in total. The monoisotopic (exact) mass is 276 g/mol. The van der Waals surface area contributed by atoms with Crippen molar-refractivity contribution < 1.29 is 4.79 Å². The summed E-state index contributed by atoms with van der Waals surface area (Å²) in [6.07, 6.45) is 1.39. The van der Waals surface area contributed by atoms with Crippen LogP contribution in [0.4, 0.5) is 5.82 Å². The molecule has 6 heteroatoms. The first-order chi connectivity index (χ1) is 9.06. The highest BCUT2D eigenvalue weighted by molar-refractivity contribution is 6.33. The third-order valence-corrected chi connectivity index (χ3v) is 2.81. The van der Waals surface area contributed by atoms with Crippen molar-refractivity contribution in [1.82, 2.24) is 15.3 Å². The summed E-state index contributed by atoms with van der Waals surface area (Å²) in [6, 6.07) is 7.13. The number of nitrogens with zero attached hydrogens (tertiary/aromatic N) is 2. The van der Waals surface area contributed by atoms with Gasteiger partial charge in [-0.3, -0.25) is 9.78 Å². The van der Waals surface area contributed by atoms with Gasteiger partial charge in [0, 0.05) is 11.9 Å². The van der Waals surface area contributed by atoms with Gasteiger partial charge in [0.2, 0.25) is 0 Å². The molecule has 0 unspecified atom stereocenters. The molecule has 0 aliphatic carbocycles. The van der Waals surface area contributed by atoms with Crippen molar-refractivity contribution in [2.45, 2.75) is 13.5 Å². The number of hydrogen-bond donors (Lipinski definition) is 2. The van der Waals surface area contributed by atoms with Crippen LogP contribution in [-0.4, -0.2) is 15.9 Å². The lowest BCUT2D eigenvalue weighted by atomic mass is 10.2. The molecule has 0 aromatic carbocycles. The van der Waals surface area contributed by atoms with Crippen molar-refractivity contribution in [2.75, 3.05) is 5.73 Å². The molecule has 0 saturated carbocycles. The maximum absolute atomic E-state index is 11.9. The zero-order valence-corrected chi connectivity index (χ0v) is 11.1. The normalized spacial score (nSPS) is 10.2. The molecule has 19 heavy (non-hydrogen) atoms. The zero-order chi connectivity index (χ0) is 13.8. The molecule has 1 amide bonds. The number of rotatable bonds is 3. The molecule has 0 bridgehead atoms. The van der Waals surface area contributed by atoms with Gasteiger partial charge in [0.1, 0.15) is 5.82 Å². The number of nitrogens with two attached hydrogens (primary N) is 1. The number of hydrogen-bond acceptors (Lipinski definition) is 4. The summed E-state index contributed by atoms with van der Waals surface area (Å²) in [6.45, 7) is 2.25. The molecule has 98 valence electrons. The van der Waals surface area contributed by atoms with E-state index in [1.807, 2.05) is 25.1 Å². The molecule has 0 aliphatic rings. The van der Waals surface area contributed by atoms with Crippen molar-refractivity contribution in [1.29, 1.82) is 0 Å². The van der Waals surface area contributed by atoms with E-state index in [0.29, 0.717) is 12.1 Å². The Bertz CT molecular complexity index is 615. The number of amides is 1. The van der Waals surface area contributed by atoms with E-state index in [1.54, 1.807) is 0 Å². The molecule has 2 aromatic rings. The number of nitrogens with one attached hydrogen (secondary N) is 1. The number of pyridine rings is 2. The quantitative estimate of drug-likeness (QED) is 0.898. The van der Waals surface area contributed by atoms with Crippen LogP contribution in [0, 0.1) is 6.92 Å². The minimum absolute atomic E-state index is 0.207. The molecule has 0 fully saturated rings. The van der Waals surface area contributed by atoms with Gasteiger partial charge in [0.05, 0.1) is 22.8 Å². The van der Waals surface area contributed by atoms with E-state index in [2.05, 4.69) is 15.3 Å². The van der Waals surface area contributed by atoms with Crippen molar-refractivity contribution in [3.05, 3.63) is 52.4 Å². The summed E-state index contributed by atoms with van der Waals surface area (Å²) < 4.78 is 0. The van der Waals surface area contributed by atoms with Crippen molar-refractivity contribution in [3.63, 3.8) is 0 Å². The second kappa shape index (κ2) is 5.67. The van der Waals surface area contributed by atoms with Crippen LogP contribution in [0.1, 0.15) is 21.7 Å². The first-order valence-corrected chi connectivity index (χ1v) is 6.06. The minimum Gasteiger partial charge on any atom is -0.382 e. The van der Waals surface area contributed by atoms with E-state index in [-0.39, 0.29) is 16.7 Å². The van der Waals surface area contributed by atoms with E-state index < -0.39 is 0 Å². The Kier molecular flexibility index (Phi) is 3.97. The molecule has 0 saturated heterocycles. The fraction of sp³-hybridized carbons (Fsp3) is 0.154. The highest BCUT2D eigenvalue weighted by atomic mass is 35.5. The Morgan fingerprint density at radius 2 is 2.26 bits per heavy atom. The molecular formula is C13H13ClN4O. The van der Waals surface area contributed by atoms with Gasteiger partial charge in [-0.25, -0.2) is 4.98 Å². The first kappa shape index (κ1) is 13.3. The van der Waals surface area contributed by atoms with Crippen LogP contribution in [0.15, 0.2) is 30.5 Å². The number of aryl methyl sites for hydroxylation is 1. The average Bonchev–Trinajstić information content (AvgIpc) is 2.39. The largest absolute Gasteiger partial charge is 0.382 e. The minimum atomic E-state index is -0.266. The lowest BCUT2D eigenvalue weighted by Gasteiger charge is -2.06. The van der Waals surface area contributed by atoms with E-state index in [0.717, 1.165) is 11.4 Å². The fourth-order valence-corrected chi connectivity index (χ4v) is 1.71. The molecule has 0 spiro atoms. The Morgan fingerprint density at radius 1 is 1.47 bits per heavy atom. The van der Waals surface area contributed by atoms with E-state index in [4.69, 9.17) is 17.3 Å². The SMILES string of the molecule is Cc1cccc(CNC(=O)c2cnc(N)c(Cl)c2)n1. The van der Waals surface area contributed by atoms with Crippen LogP contribution in [0.25, 0.3) is 0 Å². The predicted molar refractivity (Wildman–Crippen MR) is 73.8 cm³/mol. The molecule has 2 rings (SSSR count). The number of anilines is 1. The molecule has 3 N–H and O–H groups in total. The molecule has 2 aromatic heterocycles. The number of aromatic nitrogens is 2. The summed E-state index contributed by atoms with van der Waals surface area (Å²) in [5, 5.41) is 3.01. The standard InChI is InChI=1S/C13H13ClN4O/c1-8-3-2-4-10(18-8)7-17-13(19)9-5-11(14)12(15)16-6-9/h2-6H,7H2,1H3,(H2,15,16)(H,17,19).